The zero-order valence-electron chi connectivity index (χ0n) is 12.9. The van der Waals surface area contributed by atoms with Gasteiger partial charge < -0.3 is 20.1 Å². The van der Waals surface area contributed by atoms with E-state index in [0.29, 0.717) is 29.3 Å². The minimum absolute atomic E-state index is 0.0539. The summed E-state index contributed by atoms with van der Waals surface area (Å²) in [6.45, 7) is 5.75. The molecule has 116 valence electrons. The molecule has 1 aliphatic heterocycles. The Kier molecular flexibility index (Phi) is 4.56. The number of rotatable bonds is 3. The van der Waals surface area contributed by atoms with Crippen molar-refractivity contribution in [2.24, 2.45) is 0 Å². The summed E-state index contributed by atoms with van der Waals surface area (Å²) in [6.07, 6.45) is 0. The van der Waals surface area contributed by atoms with E-state index >= 15 is 0 Å². The monoisotopic (exact) mass is 310 g/mol. The van der Waals surface area contributed by atoms with Gasteiger partial charge in [0.2, 0.25) is 0 Å². The largest absolute Gasteiger partial charge is 0.493 e. The lowest BCUT2D eigenvalue weighted by molar-refractivity contribution is 0.0748. The number of methoxy groups -OCH3 is 2. The van der Waals surface area contributed by atoms with Gasteiger partial charge in [0, 0.05) is 35.3 Å². The molecule has 1 amide bonds. The number of amides is 1. The van der Waals surface area contributed by atoms with E-state index in [1.165, 1.54) is 0 Å². The van der Waals surface area contributed by atoms with Crippen LogP contribution < -0.4 is 15.2 Å². The molecule has 5 nitrogen and oxygen atoms in total. The van der Waals surface area contributed by atoms with Crippen LogP contribution in [0.4, 0.5) is 5.69 Å². The van der Waals surface area contributed by atoms with Crippen LogP contribution in [-0.2, 0) is 0 Å². The van der Waals surface area contributed by atoms with Crippen molar-refractivity contribution in [2.75, 3.05) is 38.8 Å². The zero-order valence-corrected chi connectivity index (χ0v) is 13.8. The Hall–Kier alpha value is -1.56. The average molecular weight is 310 g/mol. The first-order valence-corrected chi connectivity index (χ1v) is 7.81. The maximum Gasteiger partial charge on any atom is 0.256 e. The van der Waals surface area contributed by atoms with E-state index < -0.39 is 0 Å². The molecule has 1 heterocycles. The number of nitrogens with two attached hydrogens (primary N) is 1. The van der Waals surface area contributed by atoms with Crippen LogP contribution in [0.2, 0.25) is 0 Å². The number of carbonyl (C=O) groups is 1. The topological polar surface area (TPSA) is 64.8 Å². The second kappa shape index (κ2) is 6.05. The molecule has 0 radical (unpaired) electrons. The molecular weight excluding hydrogens is 288 g/mol. The molecule has 0 atom stereocenters. The highest BCUT2D eigenvalue weighted by Crippen LogP contribution is 2.34. The molecule has 21 heavy (non-hydrogen) atoms. The van der Waals surface area contributed by atoms with E-state index in [-0.39, 0.29) is 10.7 Å². The summed E-state index contributed by atoms with van der Waals surface area (Å²) in [7, 11) is 3.09. The minimum Gasteiger partial charge on any atom is -0.493 e. The second-order valence-corrected chi connectivity index (χ2v) is 7.43. The van der Waals surface area contributed by atoms with Gasteiger partial charge in [0.15, 0.2) is 11.5 Å². The van der Waals surface area contributed by atoms with E-state index in [2.05, 4.69) is 13.8 Å². The Morgan fingerprint density at radius 3 is 2.48 bits per heavy atom. The SMILES string of the molecule is COc1cc(N)c(C(=O)N2CCSC(C)(C)C2)cc1OC. The van der Waals surface area contributed by atoms with Crippen molar-refractivity contribution in [3.05, 3.63) is 17.7 Å². The third kappa shape index (κ3) is 3.37. The summed E-state index contributed by atoms with van der Waals surface area (Å²) >= 11 is 1.88. The highest BCUT2D eigenvalue weighted by atomic mass is 32.2. The third-order valence-corrected chi connectivity index (χ3v) is 4.80. The lowest BCUT2D eigenvalue weighted by atomic mass is 10.1. The molecule has 1 saturated heterocycles. The number of nitrogen functional groups attached to an aromatic ring is 1. The Morgan fingerprint density at radius 2 is 1.90 bits per heavy atom. The first kappa shape index (κ1) is 15.8. The van der Waals surface area contributed by atoms with Crippen LogP contribution in [0, 0.1) is 0 Å². The summed E-state index contributed by atoms with van der Waals surface area (Å²) in [4.78, 5) is 14.6. The summed E-state index contributed by atoms with van der Waals surface area (Å²) in [6, 6.07) is 3.29. The van der Waals surface area contributed by atoms with Crippen molar-refractivity contribution in [3.63, 3.8) is 0 Å². The van der Waals surface area contributed by atoms with Gasteiger partial charge in [-0.3, -0.25) is 4.79 Å². The molecule has 1 aromatic carbocycles. The van der Waals surface area contributed by atoms with Gasteiger partial charge >= 0.3 is 0 Å². The van der Waals surface area contributed by atoms with Crippen LogP contribution in [0.1, 0.15) is 24.2 Å². The number of hydrogen-bond donors (Lipinski definition) is 1. The predicted octanol–water partition coefficient (Wildman–Crippen LogP) is 2.25. The summed E-state index contributed by atoms with van der Waals surface area (Å²) in [5.74, 6) is 1.93. The molecule has 1 fully saturated rings. The van der Waals surface area contributed by atoms with Crippen LogP contribution in [-0.4, -0.2) is 48.6 Å². The Morgan fingerprint density at radius 1 is 1.29 bits per heavy atom. The standard InChI is InChI=1S/C15H22N2O3S/c1-15(2)9-17(5-6-21-15)14(18)10-7-12(19-3)13(20-4)8-11(10)16/h7-8H,5-6,9,16H2,1-4H3. The van der Waals surface area contributed by atoms with Crippen molar-refractivity contribution in [1.29, 1.82) is 0 Å². The van der Waals surface area contributed by atoms with Crippen molar-refractivity contribution in [2.45, 2.75) is 18.6 Å². The first-order valence-electron chi connectivity index (χ1n) is 6.82. The van der Waals surface area contributed by atoms with Crippen molar-refractivity contribution in [3.8, 4) is 11.5 Å². The molecule has 0 spiro atoms. The number of nitrogens with zero attached hydrogens (tertiary/aromatic N) is 1. The Bertz CT molecular complexity index is 546. The van der Waals surface area contributed by atoms with Crippen LogP contribution in [0.5, 0.6) is 11.5 Å². The average Bonchev–Trinajstić information content (AvgIpc) is 2.45. The number of ether oxygens (including phenoxy) is 2. The van der Waals surface area contributed by atoms with Crippen molar-refractivity contribution >= 4 is 23.4 Å². The fourth-order valence-corrected chi connectivity index (χ4v) is 3.55. The molecule has 6 heteroatoms. The normalized spacial score (nSPS) is 17.4. The van der Waals surface area contributed by atoms with Gasteiger partial charge in [0.1, 0.15) is 0 Å². The maximum atomic E-state index is 12.7. The van der Waals surface area contributed by atoms with Crippen LogP contribution in [0.25, 0.3) is 0 Å². The lowest BCUT2D eigenvalue weighted by Crippen LogP contribution is -2.46. The van der Waals surface area contributed by atoms with E-state index in [9.17, 15) is 4.79 Å². The molecule has 1 aromatic rings. The van der Waals surface area contributed by atoms with Crippen molar-refractivity contribution < 1.29 is 14.3 Å². The fraction of sp³-hybridized carbons (Fsp3) is 0.533. The van der Waals surface area contributed by atoms with Gasteiger partial charge in [0.25, 0.3) is 5.91 Å². The molecule has 0 bridgehead atoms. The Labute approximate surface area is 129 Å². The van der Waals surface area contributed by atoms with E-state index in [1.54, 1.807) is 26.4 Å². The van der Waals surface area contributed by atoms with Gasteiger partial charge in [-0.2, -0.15) is 11.8 Å². The van der Waals surface area contributed by atoms with Gasteiger partial charge in [0.05, 0.1) is 19.8 Å². The summed E-state index contributed by atoms with van der Waals surface area (Å²) in [5.41, 5.74) is 6.89. The highest BCUT2D eigenvalue weighted by Gasteiger charge is 2.31. The van der Waals surface area contributed by atoms with Crippen LogP contribution in [0.3, 0.4) is 0 Å². The molecule has 0 aliphatic carbocycles. The Balaban J connectivity index is 2.30. The lowest BCUT2D eigenvalue weighted by Gasteiger charge is -2.37. The number of benzene rings is 1. The molecule has 1 aliphatic rings. The van der Waals surface area contributed by atoms with E-state index in [0.717, 1.165) is 12.3 Å². The molecule has 2 N–H and O–H groups in total. The van der Waals surface area contributed by atoms with Gasteiger partial charge in [-0.1, -0.05) is 0 Å². The smallest absolute Gasteiger partial charge is 0.256 e. The number of carbonyl (C=O) groups excluding carboxylic acids is 1. The quantitative estimate of drug-likeness (QED) is 0.868. The highest BCUT2D eigenvalue weighted by molar-refractivity contribution is 8.00. The minimum atomic E-state index is -0.0539. The van der Waals surface area contributed by atoms with E-state index in [4.69, 9.17) is 15.2 Å². The summed E-state index contributed by atoms with van der Waals surface area (Å²) < 4.78 is 10.5. The maximum absolute atomic E-state index is 12.7. The first-order chi connectivity index (χ1) is 9.88. The zero-order chi connectivity index (χ0) is 15.6. The fourth-order valence-electron chi connectivity index (χ4n) is 2.44. The number of anilines is 1. The van der Waals surface area contributed by atoms with Gasteiger partial charge in [-0.25, -0.2) is 0 Å². The van der Waals surface area contributed by atoms with Gasteiger partial charge in [-0.15, -0.1) is 0 Å². The molecule has 0 saturated carbocycles. The third-order valence-electron chi connectivity index (χ3n) is 3.50. The van der Waals surface area contributed by atoms with E-state index in [1.807, 2.05) is 16.7 Å². The second-order valence-electron chi connectivity index (χ2n) is 5.63. The summed E-state index contributed by atoms with van der Waals surface area (Å²) in [5, 5.41) is 0. The van der Waals surface area contributed by atoms with Crippen LogP contribution >= 0.6 is 11.8 Å². The molecular formula is C15H22N2O3S. The van der Waals surface area contributed by atoms with Gasteiger partial charge in [-0.05, 0) is 19.9 Å². The number of hydrogen-bond acceptors (Lipinski definition) is 5. The molecule has 0 aromatic heterocycles. The van der Waals surface area contributed by atoms with Crippen LogP contribution in [0.15, 0.2) is 12.1 Å². The number of thioether (sulfide) groups is 1. The molecule has 2 rings (SSSR count). The van der Waals surface area contributed by atoms with Crippen molar-refractivity contribution in [1.82, 2.24) is 4.90 Å². The molecule has 0 unspecified atom stereocenters. The predicted molar refractivity (Wildman–Crippen MR) is 86.4 cm³/mol.